The molecule has 0 aliphatic carbocycles. The fourth-order valence-electron chi connectivity index (χ4n) is 1.04. The van der Waals surface area contributed by atoms with Crippen molar-refractivity contribution < 1.29 is 13.2 Å². The zero-order valence-corrected chi connectivity index (χ0v) is 9.22. The Morgan fingerprint density at radius 1 is 1.40 bits per heavy atom. The van der Waals surface area contributed by atoms with Crippen molar-refractivity contribution in [2.24, 2.45) is 0 Å². The third-order valence-corrected chi connectivity index (χ3v) is 2.00. The molecule has 1 nitrogen and oxygen atoms in total. The van der Waals surface area contributed by atoms with Crippen molar-refractivity contribution in [3.05, 3.63) is 35.4 Å². The molecule has 0 amide bonds. The van der Waals surface area contributed by atoms with Crippen LogP contribution in [0.15, 0.2) is 24.3 Å². The van der Waals surface area contributed by atoms with Gasteiger partial charge in [0.2, 0.25) is 0 Å². The standard InChI is InChI=1S/C9H8F3NS2/c10-9(11,12)7-3-1-2-6(4-7)5-13-8(14)15/h1-4H,5H2,(H2,13,14,15). The highest BCUT2D eigenvalue weighted by atomic mass is 32.1. The number of thiol groups is 1. The number of alkyl halides is 3. The van der Waals surface area contributed by atoms with Crippen LogP contribution in [0.25, 0.3) is 0 Å². The minimum Gasteiger partial charge on any atom is -0.367 e. The molecule has 0 radical (unpaired) electrons. The Bertz CT molecular complexity index is 363. The Balaban J connectivity index is 2.79. The van der Waals surface area contributed by atoms with Gasteiger partial charge in [-0.15, -0.1) is 12.6 Å². The molecule has 0 saturated carbocycles. The fraction of sp³-hybridized carbons (Fsp3) is 0.222. The normalized spacial score (nSPS) is 11.2. The number of nitrogens with one attached hydrogen (secondary N) is 1. The summed E-state index contributed by atoms with van der Waals surface area (Å²) in [5.41, 5.74) is -0.145. The number of benzene rings is 1. The maximum atomic E-state index is 12.3. The number of thiocarbonyl (C=S) groups is 1. The van der Waals surface area contributed by atoms with Gasteiger partial charge in [0, 0.05) is 6.54 Å². The highest BCUT2D eigenvalue weighted by Gasteiger charge is 2.30. The van der Waals surface area contributed by atoms with Gasteiger partial charge in [-0.25, -0.2) is 0 Å². The summed E-state index contributed by atoms with van der Waals surface area (Å²) in [6, 6.07) is 5.07. The van der Waals surface area contributed by atoms with Gasteiger partial charge in [-0.3, -0.25) is 0 Å². The van der Waals surface area contributed by atoms with Gasteiger partial charge in [0.1, 0.15) is 4.32 Å². The van der Waals surface area contributed by atoms with Crippen LogP contribution < -0.4 is 5.32 Å². The monoisotopic (exact) mass is 251 g/mol. The third-order valence-electron chi connectivity index (χ3n) is 1.70. The van der Waals surface area contributed by atoms with Gasteiger partial charge < -0.3 is 5.32 Å². The van der Waals surface area contributed by atoms with E-state index < -0.39 is 11.7 Å². The van der Waals surface area contributed by atoms with Crippen molar-refractivity contribution in [3.63, 3.8) is 0 Å². The number of rotatable bonds is 2. The van der Waals surface area contributed by atoms with E-state index in [1.165, 1.54) is 6.07 Å². The highest BCUT2D eigenvalue weighted by molar-refractivity contribution is 8.11. The largest absolute Gasteiger partial charge is 0.416 e. The fourth-order valence-corrected chi connectivity index (χ4v) is 1.19. The summed E-state index contributed by atoms with van der Waals surface area (Å²) in [6.07, 6.45) is -4.31. The maximum absolute atomic E-state index is 12.3. The van der Waals surface area contributed by atoms with Crippen molar-refractivity contribution in [2.75, 3.05) is 0 Å². The Morgan fingerprint density at radius 3 is 2.60 bits per heavy atom. The number of hydrogen-bond donors (Lipinski definition) is 2. The smallest absolute Gasteiger partial charge is 0.367 e. The van der Waals surface area contributed by atoms with Crippen LogP contribution in [0, 0.1) is 0 Å². The van der Waals surface area contributed by atoms with Crippen molar-refractivity contribution in [1.82, 2.24) is 5.32 Å². The minimum absolute atomic E-state index is 0.242. The summed E-state index contributed by atoms with van der Waals surface area (Å²) in [6.45, 7) is 0.242. The van der Waals surface area contributed by atoms with E-state index in [1.807, 2.05) is 0 Å². The Labute approximate surface area is 96.1 Å². The molecule has 1 aromatic rings. The molecule has 15 heavy (non-hydrogen) atoms. The van der Waals surface area contributed by atoms with Crippen LogP contribution in [0.4, 0.5) is 13.2 Å². The summed E-state index contributed by atoms with van der Waals surface area (Å²) in [5, 5.41) is 2.67. The molecule has 82 valence electrons. The Morgan fingerprint density at radius 2 is 2.07 bits per heavy atom. The number of hydrogen-bond acceptors (Lipinski definition) is 1. The van der Waals surface area contributed by atoms with Crippen LogP contribution in [-0.2, 0) is 12.7 Å². The van der Waals surface area contributed by atoms with Gasteiger partial charge >= 0.3 is 6.18 Å². The van der Waals surface area contributed by atoms with Crippen LogP contribution in [0.1, 0.15) is 11.1 Å². The molecule has 0 bridgehead atoms. The van der Waals surface area contributed by atoms with Crippen LogP contribution >= 0.6 is 24.8 Å². The molecule has 0 saturated heterocycles. The van der Waals surface area contributed by atoms with Crippen molar-refractivity contribution in [1.29, 1.82) is 0 Å². The summed E-state index contributed by atoms with van der Waals surface area (Å²) in [4.78, 5) is 0. The first kappa shape index (κ1) is 12.3. The predicted octanol–water partition coefficient (Wildman–Crippen LogP) is 3.01. The van der Waals surface area contributed by atoms with E-state index in [9.17, 15) is 13.2 Å². The van der Waals surface area contributed by atoms with Crippen LogP contribution in [0.2, 0.25) is 0 Å². The number of halogens is 3. The van der Waals surface area contributed by atoms with E-state index in [0.717, 1.165) is 12.1 Å². The molecule has 0 fully saturated rings. The van der Waals surface area contributed by atoms with Gasteiger partial charge in [0.25, 0.3) is 0 Å². The van der Waals surface area contributed by atoms with E-state index in [-0.39, 0.29) is 10.9 Å². The van der Waals surface area contributed by atoms with Crippen molar-refractivity contribution in [2.45, 2.75) is 12.7 Å². The molecular weight excluding hydrogens is 243 g/mol. The predicted molar refractivity (Wildman–Crippen MR) is 59.9 cm³/mol. The lowest BCUT2D eigenvalue weighted by Crippen LogP contribution is -2.16. The molecule has 0 aliphatic rings. The van der Waals surface area contributed by atoms with E-state index in [2.05, 4.69) is 30.2 Å². The molecule has 0 heterocycles. The SMILES string of the molecule is FC(F)(F)c1cccc(CNC(=S)S)c1. The Kier molecular flexibility index (Phi) is 3.98. The molecule has 0 aliphatic heterocycles. The van der Waals surface area contributed by atoms with Gasteiger partial charge in [-0.2, -0.15) is 13.2 Å². The molecule has 6 heteroatoms. The maximum Gasteiger partial charge on any atom is 0.416 e. The first-order chi connectivity index (χ1) is 6.89. The average molecular weight is 251 g/mol. The lowest BCUT2D eigenvalue weighted by Gasteiger charge is -2.09. The zero-order chi connectivity index (χ0) is 11.5. The molecule has 0 spiro atoms. The molecule has 0 atom stereocenters. The van der Waals surface area contributed by atoms with Crippen LogP contribution in [0.3, 0.4) is 0 Å². The zero-order valence-electron chi connectivity index (χ0n) is 7.51. The van der Waals surface area contributed by atoms with E-state index in [0.29, 0.717) is 5.56 Å². The summed E-state index contributed by atoms with van der Waals surface area (Å²) >= 11 is 8.44. The molecule has 0 unspecified atom stereocenters. The lowest BCUT2D eigenvalue weighted by atomic mass is 10.1. The third kappa shape index (κ3) is 4.09. The second-order valence-corrected chi connectivity index (χ2v) is 4.01. The average Bonchev–Trinajstić information content (AvgIpc) is 2.14. The molecule has 1 rings (SSSR count). The topological polar surface area (TPSA) is 12.0 Å². The van der Waals surface area contributed by atoms with Gasteiger partial charge in [0.15, 0.2) is 0 Å². The summed E-state index contributed by atoms with van der Waals surface area (Å²) in [5.74, 6) is 0. The van der Waals surface area contributed by atoms with Crippen molar-refractivity contribution >= 4 is 29.2 Å². The van der Waals surface area contributed by atoms with E-state index >= 15 is 0 Å². The highest BCUT2D eigenvalue weighted by Crippen LogP contribution is 2.29. The van der Waals surface area contributed by atoms with Gasteiger partial charge in [0.05, 0.1) is 5.56 Å². The van der Waals surface area contributed by atoms with E-state index in [1.54, 1.807) is 6.07 Å². The van der Waals surface area contributed by atoms with E-state index in [4.69, 9.17) is 0 Å². The Hall–Kier alpha value is -0.750. The van der Waals surface area contributed by atoms with Crippen LogP contribution in [0.5, 0.6) is 0 Å². The summed E-state index contributed by atoms with van der Waals surface area (Å²) in [7, 11) is 0. The quantitative estimate of drug-likeness (QED) is 0.619. The first-order valence-electron chi connectivity index (χ1n) is 4.02. The second-order valence-electron chi connectivity index (χ2n) is 2.86. The molecule has 1 N–H and O–H groups in total. The van der Waals surface area contributed by atoms with Crippen LogP contribution in [-0.4, -0.2) is 4.32 Å². The first-order valence-corrected chi connectivity index (χ1v) is 4.88. The second kappa shape index (κ2) is 4.85. The van der Waals surface area contributed by atoms with Gasteiger partial charge in [-0.05, 0) is 17.7 Å². The lowest BCUT2D eigenvalue weighted by molar-refractivity contribution is -0.137. The van der Waals surface area contributed by atoms with Crippen molar-refractivity contribution in [3.8, 4) is 0 Å². The molecule has 0 aromatic heterocycles. The molecule has 1 aromatic carbocycles. The summed E-state index contributed by atoms with van der Waals surface area (Å²) < 4.78 is 37.2. The van der Waals surface area contributed by atoms with Gasteiger partial charge in [-0.1, -0.05) is 24.4 Å². The molecular formula is C9H8F3NS2. The minimum atomic E-state index is -4.31.